The second-order valence-corrected chi connectivity index (χ2v) is 6.13. The Morgan fingerprint density at radius 3 is 2.32 bits per heavy atom. The maximum Gasteiger partial charge on any atom is 0.310 e. The third-order valence-corrected chi connectivity index (χ3v) is 4.31. The molecule has 0 atom stereocenters. The van der Waals surface area contributed by atoms with E-state index in [1.165, 1.54) is 37.0 Å². The molecule has 3 nitrogen and oxygen atoms in total. The number of carbonyl (C=O) groups is 1. The van der Waals surface area contributed by atoms with Crippen LogP contribution in [0.1, 0.15) is 68.0 Å². The van der Waals surface area contributed by atoms with E-state index in [9.17, 15) is 4.79 Å². The molecule has 108 valence electrons. The molecule has 0 unspecified atom stereocenters. The van der Waals surface area contributed by atoms with Crippen LogP contribution in [0.4, 0.5) is 0 Å². The summed E-state index contributed by atoms with van der Waals surface area (Å²) in [6.07, 6.45) is 9.36. The van der Waals surface area contributed by atoms with Gasteiger partial charge in [-0.05, 0) is 25.7 Å². The van der Waals surface area contributed by atoms with Gasteiger partial charge in [-0.3, -0.25) is 4.79 Å². The van der Waals surface area contributed by atoms with Gasteiger partial charge in [0, 0.05) is 4.88 Å². The van der Waals surface area contributed by atoms with Gasteiger partial charge in [0.05, 0.1) is 12.1 Å². The molecule has 0 aliphatic rings. The van der Waals surface area contributed by atoms with Crippen molar-refractivity contribution < 1.29 is 9.90 Å². The average Bonchev–Trinajstić information content (AvgIpc) is 2.71. The number of aliphatic carboxylic acids is 1. The van der Waals surface area contributed by atoms with Crippen molar-refractivity contribution in [2.45, 2.75) is 71.6 Å². The lowest BCUT2D eigenvalue weighted by Gasteiger charge is -2.01. The molecule has 0 saturated heterocycles. The third kappa shape index (κ3) is 6.19. The minimum absolute atomic E-state index is 0.0687. The largest absolute Gasteiger partial charge is 0.481 e. The van der Waals surface area contributed by atoms with Crippen molar-refractivity contribution in [2.75, 3.05) is 0 Å². The zero-order chi connectivity index (χ0) is 14.1. The fourth-order valence-corrected chi connectivity index (χ4v) is 3.26. The number of carboxylic acids is 1. The van der Waals surface area contributed by atoms with Crippen molar-refractivity contribution in [1.29, 1.82) is 0 Å². The molecule has 0 aromatic carbocycles. The van der Waals surface area contributed by atoms with Crippen molar-refractivity contribution in [3.8, 4) is 0 Å². The molecule has 0 radical (unpaired) electrons. The standard InChI is InChI=1S/C15H25NO2S/c1-3-5-7-9-12-13(10-8-6-4-2)19-14(16-12)11-15(17)18/h3-11H2,1-2H3,(H,17,18). The summed E-state index contributed by atoms with van der Waals surface area (Å²) in [5.74, 6) is -0.783. The minimum Gasteiger partial charge on any atom is -0.481 e. The van der Waals surface area contributed by atoms with E-state index < -0.39 is 5.97 Å². The lowest BCUT2D eigenvalue weighted by Crippen LogP contribution is -1.99. The van der Waals surface area contributed by atoms with E-state index in [2.05, 4.69) is 18.8 Å². The number of hydrogen-bond acceptors (Lipinski definition) is 3. The summed E-state index contributed by atoms with van der Waals surface area (Å²) in [4.78, 5) is 16.6. The molecular weight excluding hydrogens is 258 g/mol. The van der Waals surface area contributed by atoms with Crippen molar-refractivity contribution in [2.24, 2.45) is 0 Å². The molecule has 0 fully saturated rings. The predicted octanol–water partition coefficient (Wildman–Crippen LogP) is 4.24. The molecule has 1 aromatic rings. The number of unbranched alkanes of at least 4 members (excludes halogenated alkanes) is 4. The van der Waals surface area contributed by atoms with Crippen molar-refractivity contribution in [1.82, 2.24) is 4.98 Å². The van der Waals surface area contributed by atoms with Crippen LogP contribution >= 0.6 is 11.3 Å². The average molecular weight is 283 g/mol. The highest BCUT2D eigenvalue weighted by Crippen LogP contribution is 2.23. The number of hydrogen-bond donors (Lipinski definition) is 1. The molecular formula is C15H25NO2S. The van der Waals surface area contributed by atoms with Gasteiger partial charge < -0.3 is 5.11 Å². The molecule has 0 bridgehead atoms. The van der Waals surface area contributed by atoms with E-state index in [4.69, 9.17) is 5.11 Å². The second kappa shape index (κ2) is 9.08. The Kier molecular flexibility index (Phi) is 7.72. The monoisotopic (exact) mass is 283 g/mol. The highest BCUT2D eigenvalue weighted by molar-refractivity contribution is 7.11. The number of thiazole rings is 1. The van der Waals surface area contributed by atoms with Crippen molar-refractivity contribution in [3.05, 3.63) is 15.6 Å². The van der Waals surface area contributed by atoms with Crippen LogP contribution in [-0.4, -0.2) is 16.1 Å². The molecule has 0 amide bonds. The smallest absolute Gasteiger partial charge is 0.310 e. The summed E-state index contributed by atoms with van der Waals surface area (Å²) in [5, 5.41) is 9.63. The SMILES string of the molecule is CCCCCc1nc(CC(=O)O)sc1CCCCC. The van der Waals surface area contributed by atoms with Crippen LogP contribution in [0, 0.1) is 0 Å². The zero-order valence-electron chi connectivity index (χ0n) is 12.1. The first-order valence-electron chi connectivity index (χ1n) is 7.36. The first-order valence-corrected chi connectivity index (χ1v) is 8.18. The van der Waals surface area contributed by atoms with Crippen LogP contribution in [0.5, 0.6) is 0 Å². The minimum atomic E-state index is -0.783. The first kappa shape index (κ1) is 16.2. The van der Waals surface area contributed by atoms with Gasteiger partial charge in [0.2, 0.25) is 0 Å². The topological polar surface area (TPSA) is 50.2 Å². The highest BCUT2D eigenvalue weighted by atomic mass is 32.1. The van der Waals surface area contributed by atoms with Crippen LogP contribution in [0.25, 0.3) is 0 Å². The van der Waals surface area contributed by atoms with Crippen molar-refractivity contribution >= 4 is 17.3 Å². The van der Waals surface area contributed by atoms with Gasteiger partial charge in [-0.1, -0.05) is 39.5 Å². The van der Waals surface area contributed by atoms with E-state index in [1.54, 1.807) is 11.3 Å². The Hall–Kier alpha value is -0.900. The van der Waals surface area contributed by atoms with Crippen LogP contribution in [0.2, 0.25) is 0 Å². The molecule has 19 heavy (non-hydrogen) atoms. The van der Waals surface area contributed by atoms with E-state index in [0.29, 0.717) is 0 Å². The molecule has 0 spiro atoms. The third-order valence-electron chi connectivity index (χ3n) is 3.15. The molecule has 1 heterocycles. The van der Waals surface area contributed by atoms with Gasteiger partial charge in [0.15, 0.2) is 0 Å². The van der Waals surface area contributed by atoms with Crippen LogP contribution < -0.4 is 0 Å². The summed E-state index contributed by atoms with van der Waals surface area (Å²) in [6, 6.07) is 0. The quantitative estimate of drug-likeness (QED) is 0.653. The Balaban J connectivity index is 2.66. The molecule has 4 heteroatoms. The van der Waals surface area contributed by atoms with E-state index in [-0.39, 0.29) is 6.42 Å². The molecule has 0 aliphatic carbocycles. The van der Waals surface area contributed by atoms with Gasteiger partial charge in [-0.25, -0.2) is 4.98 Å². The Morgan fingerprint density at radius 2 is 1.74 bits per heavy atom. The first-order chi connectivity index (χ1) is 9.17. The van der Waals surface area contributed by atoms with E-state index in [1.807, 2.05) is 0 Å². The number of carboxylic acid groups (broad SMARTS) is 1. The fourth-order valence-electron chi connectivity index (χ4n) is 2.11. The Morgan fingerprint density at radius 1 is 1.11 bits per heavy atom. The number of nitrogens with zero attached hydrogens (tertiary/aromatic N) is 1. The Bertz CT molecular complexity index is 360. The van der Waals surface area contributed by atoms with Gasteiger partial charge >= 0.3 is 5.97 Å². The predicted molar refractivity (Wildman–Crippen MR) is 79.9 cm³/mol. The van der Waals surface area contributed by atoms with Crippen LogP contribution in [0.3, 0.4) is 0 Å². The van der Waals surface area contributed by atoms with Gasteiger partial charge in [0.25, 0.3) is 0 Å². The number of aromatic nitrogens is 1. The van der Waals surface area contributed by atoms with Crippen molar-refractivity contribution in [3.63, 3.8) is 0 Å². The fraction of sp³-hybridized carbons (Fsp3) is 0.733. The molecule has 1 aromatic heterocycles. The van der Waals surface area contributed by atoms with Gasteiger partial charge in [-0.2, -0.15) is 0 Å². The van der Waals surface area contributed by atoms with E-state index >= 15 is 0 Å². The maximum atomic E-state index is 10.8. The highest BCUT2D eigenvalue weighted by Gasteiger charge is 2.12. The van der Waals surface area contributed by atoms with E-state index in [0.717, 1.165) is 30.0 Å². The molecule has 0 saturated carbocycles. The zero-order valence-corrected chi connectivity index (χ0v) is 12.9. The summed E-state index contributed by atoms with van der Waals surface area (Å²) in [6.45, 7) is 4.39. The lowest BCUT2D eigenvalue weighted by molar-refractivity contribution is -0.136. The van der Waals surface area contributed by atoms with Crippen LogP contribution in [-0.2, 0) is 24.1 Å². The molecule has 1 N–H and O–H groups in total. The van der Waals surface area contributed by atoms with Gasteiger partial charge in [-0.15, -0.1) is 11.3 Å². The Labute approximate surface area is 120 Å². The summed E-state index contributed by atoms with van der Waals surface area (Å²) in [5.41, 5.74) is 1.16. The summed E-state index contributed by atoms with van der Waals surface area (Å²) in [7, 11) is 0. The summed E-state index contributed by atoms with van der Waals surface area (Å²) < 4.78 is 0. The number of rotatable bonds is 10. The normalized spacial score (nSPS) is 10.8. The maximum absolute atomic E-state index is 10.8. The number of aryl methyl sites for hydroxylation is 2. The molecule has 0 aliphatic heterocycles. The van der Waals surface area contributed by atoms with Crippen LogP contribution in [0.15, 0.2) is 0 Å². The lowest BCUT2D eigenvalue weighted by atomic mass is 10.1. The second-order valence-electron chi connectivity index (χ2n) is 4.96. The summed E-state index contributed by atoms with van der Waals surface area (Å²) >= 11 is 1.60. The van der Waals surface area contributed by atoms with Gasteiger partial charge in [0.1, 0.15) is 5.01 Å². The molecule has 1 rings (SSSR count).